The van der Waals surface area contributed by atoms with Crippen molar-refractivity contribution in [3.8, 4) is 16.9 Å². The van der Waals surface area contributed by atoms with Gasteiger partial charge in [0.05, 0.1) is 0 Å². The number of likely N-dealkylation sites (tertiary alicyclic amines) is 1. The lowest BCUT2D eigenvalue weighted by Gasteiger charge is -2.35. The Bertz CT molecular complexity index is 917. The van der Waals surface area contributed by atoms with E-state index >= 15 is 0 Å². The van der Waals surface area contributed by atoms with Crippen molar-refractivity contribution in [2.45, 2.75) is 51.0 Å². The largest absolute Gasteiger partial charge is 0.492 e. The summed E-state index contributed by atoms with van der Waals surface area (Å²) in [6.45, 7) is 2.53. The Morgan fingerprint density at radius 1 is 1.06 bits per heavy atom. The standard InChI is InChI=1S/C27H35ClN2O2.ClH/c1-29(2)15-16-32-25-12-10-21(11-13-25)22-8-9-23(26(28)19-22)17-20-5-3-6-24(18-20)30-14-4-7-27(30)31;/h8-13,19-20,24H,3-7,14-18H2,1-2H3;1H. The van der Waals surface area contributed by atoms with Gasteiger partial charge in [0.2, 0.25) is 5.91 Å². The Hall–Kier alpha value is -1.75. The number of carbonyl (C=O) groups is 1. The molecule has 2 fully saturated rings. The highest BCUT2D eigenvalue weighted by molar-refractivity contribution is 6.31. The van der Waals surface area contributed by atoms with Crippen LogP contribution in [0.1, 0.15) is 44.1 Å². The lowest BCUT2D eigenvalue weighted by molar-refractivity contribution is -0.130. The predicted molar refractivity (Wildman–Crippen MR) is 139 cm³/mol. The van der Waals surface area contributed by atoms with Crippen molar-refractivity contribution in [1.82, 2.24) is 9.80 Å². The van der Waals surface area contributed by atoms with Crippen LogP contribution in [0.2, 0.25) is 5.02 Å². The summed E-state index contributed by atoms with van der Waals surface area (Å²) >= 11 is 6.72. The molecular weight excluding hydrogens is 455 g/mol. The lowest BCUT2D eigenvalue weighted by atomic mass is 9.81. The van der Waals surface area contributed by atoms with Gasteiger partial charge in [-0.25, -0.2) is 0 Å². The molecule has 2 unspecified atom stereocenters. The van der Waals surface area contributed by atoms with E-state index in [0.717, 1.165) is 67.1 Å². The first kappa shape index (κ1) is 25.9. The average Bonchev–Trinajstić information content (AvgIpc) is 3.21. The number of amides is 1. The molecule has 2 atom stereocenters. The topological polar surface area (TPSA) is 32.8 Å². The molecule has 1 heterocycles. The zero-order valence-corrected chi connectivity index (χ0v) is 21.3. The molecule has 1 amide bonds. The molecule has 0 spiro atoms. The fraction of sp³-hybridized carbons (Fsp3) is 0.519. The molecule has 1 aliphatic carbocycles. The number of likely N-dealkylation sites (N-methyl/N-ethyl adjacent to an activating group) is 1. The maximum atomic E-state index is 12.2. The van der Waals surface area contributed by atoms with Crippen LogP contribution in [0.5, 0.6) is 5.75 Å². The number of benzene rings is 2. The van der Waals surface area contributed by atoms with Crippen molar-refractivity contribution < 1.29 is 9.53 Å². The van der Waals surface area contributed by atoms with E-state index in [9.17, 15) is 4.79 Å². The number of rotatable bonds is 8. The van der Waals surface area contributed by atoms with Gasteiger partial charge in [0, 0.05) is 30.6 Å². The second-order valence-corrected chi connectivity index (χ2v) is 9.97. The highest BCUT2D eigenvalue weighted by Crippen LogP contribution is 2.35. The maximum Gasteiger partial charge on any atom is 0.222 e. The predicted octanol–water partition coefficient (Wildman–Crippen LogP) is 6.09. The number of carbonyl (C=O) groups excluding carboxylic acids is 1. The summed E-state index contributed by atoms with van der Waals surface area (Å²) in [5, 5.41) is 0.841. The molecule has 4 rings (SSSR count). The smallest absolute Gasteiger partial charge is 0.222 e. The molecule has 4 nitrogen and oxygen atoms in total. The third kappa shape index (κ3) is 6.88. The van der Waals surface area contributed by atoms with Gasteiger partial charge in [-0.1, -0.05) is 42.3 Å². The summed E-state index contributed by atoms with van der Waals surface area (Å²) in [5.41, 5.74) is 3.49. The second kappa shape index (κ2) is 12.1. The summed E-state index contributed by atoms with van der Waals surface area (Å²) < 4.78 is 5.79. The van der Waals surface area contributed by atoms with Crippen LogP contribution in [-0.4, -0.2) is 55.5 Å². The number of hydrogen-bond acceptors (Lipinski definition) is 3. The van der Waals surface area contributed by atoms with Gasteiger partial charge in [-0.3, -0.25) is 4.79 Å². The summed E-state index contributed by atoms with van der Waals surface area (Å²) in [7, 11) is 4.09. The third-order valence-corrected chi connectivity index (χ3v) is 7.21. The Balaban J connectivity index is 0.00000306. The summed E-state index contributed by atoms with van der Waals surface area (Å²) in [6, 6.07) is 15.1. The number of nitrogens with zero attached hydrogens (tertiary/aromatic N) is 2. The second-order valence-electron chi connectivity index (χ2n) is 9.56. The molecule has 6 heteroatoms. The number of ether oxygens (including phenoxy) is 1. The molecule has 1 saturated carbocycles. The van der Waals surface area contributed by atoms with Crippen molar-refractivity contribution in [2.24, 2.45) is 5.92 Å². The van der Waals surface area contributed by atoms with E-state index in [0.29, 0.717) is 24.5 Å². The van der Waals surface area contributed by atoms with Crippen LogP contribution in [-0.2, 0) is 11.2 Å². The SMILES string of the molecule is CN(C)CCOc1ccc(-c2ccc(CC3CCCC(N4CCCC4=O)C3)c(Cl)c2)cc1.Cl. The fourth-order valence-electron chi connectivity index (χ4n) is 5.08. The first-order chi connectivity index (χ1) is 15.5. The molecule has 0 radical (unpaired) electrons. The van der Waals surface area contributed by atoms with Crippen LogP contribution in [0, 0.1) is 5.92 Å². The monoisotopic (exact) mass is 490 g/mol. The minimum Gasteiger partial charge on any atom is -0.492 e. The number of halogens is 2. The van der Waals surface area contributed by atoms with Gasteiger partial charge in [0.25, 0.3) is 0 Å². The van der Waals surface area contributed by atoms with E-state index in [1.165, 1.54) is 18.4 Å². The van der Waals surface area contributed by atoms with Gasteiger partial charge in [-0.05, 0) is 87.0 Å². The molecule has 2 aliphatic rings. The van der Waals surface area contributed by atoms with E-state index in [2.05, 4.69) is 40.1 Å². The van der Waals surface area contributed by atoms with Gasteiger partial charge in [-0.15, -0.1) is 12.4 Å². The van der Waals surface area contributed by atoms with Crippen LogP contribution >= 0.6 is 24.0 Å². The first-order valence-corrected chi connectivity index (χ1v) is 12.3. The molecule has 180 valence electrons. The van der Waals surface area contributed by atoms with Gasteiger partial charge in [0.15, 0.2) is 0 Å². The van der Waals surface area contributed by atoms with Crippen molar-refractivity contribution in [1.29, 1.82) is 0 Å². The molecule has 2 aromatic carbocycles. The van der Waals surface area contributed by atoms with Crippen LogP contribution < -0.4 is 4.74 Å². The van der Waals surface area contributed by atoms with E-state index in [1.54, 1.807) is 0 Å². The van der Waals surface area contributed by atoms with Gasteiger partial charge >= 0.3 is 0 Å². The lowest BCUT2D eigenvalue weighted by Crippen LogP contribution is -2.39. The summed E-state index contributed by atoms with van der Waals surface area (Å²) in [6.07, 6.45) is 7.46. The van der Waals surface area contributed by atoms with Gasteiger partial charge in [0.1, 0.15) is 12.4 Å². The van der Waals surface area contributed by atoms with Crippen LogP contribution in [0.15, 0.2) is 42.5 Å². The minimum absolute atomic E-state index is 0. The molecule has 1 saturated heterocycles. The molecular formula is C27H36Cl2N2O2. The van der Waals surface area contributed by atoms with E-state index < -0.39 is 0 Å². The van der Waals surface area contributed by atoms with Crippen LogP contribution in [0.3, 0.4) is 0 Å². The molecule has 0 bridgehead atoms. The Morgan fingerprint density at radius 3 is 2.48 bits per heavy atom. The fourth-order valence-corrected chi connectivity index (χ4v) is 5.34. The van der Waals surface area contributed by atoms with E-state index in [4.69, 9.17) is 16.3 Å². The normalized spacial score (nSPS) is 20.7. The average molecular weight is 492 g/mol. The molecule has 2 aromatic rings. The van der Waals surface area contributed by atoms with Crippen molar-refractivity contribution in [3.63, 3.8) is 0 Å². The van der Waals surface area contributed by atoms with Crippen molar-refractivity contribution in [2.75, 3.05) is 33.8 Å². The van der Waals surface area contributed by atoms with Gasteiger partial charge < -0.3 is 14.5 Å². The maximum absolute atomic E-state index is 12.2. The van der Waals surface area contributed by atoms with E-state index in [1.807, 2.05) is 26.2 Å². The van der Waals surface area contributed by atoms with Crippen molar-refractivity contribution >= 4 is 29.9 Å². The first-order valence-electron chi connectivity index (χ1n) is 12.0. The molecule has 33 heavy (non-hydrogen) atoms. The quantitative estimate of drug-likeness (QED) is 0.448. The molecule has 1 aliphatic heterocycles. The third-order valence-electron chi connectivity index (χ3n) is 6.86. The number of hydrogen-bond donors (Lipinski definition) is 0. The Morgan fingerprint density at radius 2 is 1.82 bits per heavy atom. The Kier molecular flexibility index (Phi) is 9.48. The highest BCUT2D eigenvalue weighted by Gasteiger charge is 2.32. The van der Waals surface area contributed by atoms with Crippen LogP contribution in [0.4, 0.5) is 0 Å². The van der Waals surface area contributed by atoms with Crippen LogP contribution in [0.25, 0.3) is 11.1 Å². The van der Waals surface area contributed by atoms with Gasteiger partial charge in [-0.2, -0.15) is 0 Å². The molecule has 0 aromatic heterocycles. The Labute approximate surface area is 209 Å². The molecule has 0 N–H and O–H groups in total. The highest BCUT2D eigenvalue weighted by atomic mass is 35.5. The minimum atomic E-state index is 0. The summed E-state index contributed by atoms with van der Waals surface area (Å²) in [4.78, 5) is 16.4. The van der Waals surface area contributed by atoms with E-state index in [-0.39, 0.29) is 12.4 Å². The zero-order chi connectivity index (χ0) is 22.5. The summed E-state index contributed by atoms with van der Waals surface area (Å²) in [5.74, 6) is 1.85. The van der Waals surface area contributed by atoms with Crippen molar-refractivity contribution in [3.05, 3.63) is 53.1 Å². The zero-order valence-electron chi connectivity index (χ0n) is 19.8.